The Labute approximate surface area is 227 Å². The van der Waals surface area contributed by atoms with E-state index in [1.54, 1.807) is 0 Å². The maximum Gasteiger partial charge on any atom is 0.326 e. The van der Waals surface area contributed by atoms with Crippen molar-refractivity contribution < 1.29 is 23.9 Å². The topological polar surface area (TPSA) is 116 Å². The molecule has 1 aliphatic rings. The minimum Gasteiger partial charge on any atom is -0.354 e. The number of hydrogen-bond acceptors (Lipinski definition) is 3. The van der Waals surface area contributed by atoms with E-state index in [0.29, 0.717) is 38.1 Å². The van der Waals surface area contributed by atoms with Gasteiger partial charge in [0, 0.05) is 12.5 Å². The van der Waals surface area contributed by atoms with E-state index >= 15 is 0 Å². The predicted molar refractivity (Wildman–Crippen MR) is 151 cm³/mol. The number of hydrogen-bond donors (Lipinski definition) is 4. The van der Waals surface area contributed by atoms with Gasteiger partial charge in [0.15, 0.2) is 0 Å². The molecule has 1 fully saturated rings. The van der Waals surface area contributed by atoms with Gasteiger partial charge in [-0.1, -0.05) is 92.3 Å². The smallest absolute Gasteiger partial charge is 0.326 e. The Morgan fingerprint density at radius 3 is 2.24 bits per heavy atom. The van der Waals surface area contributed by atoms with Crippen LogP contribution in [0.2, 0.25) is 0 Å². The number of nitrogens with one attached hydrogen (secondary N) is 2. The average molecular weight is 543 g/mol. The van der Waals surface area contributed by atoms with Crippen molar-refractivity contribution in [1.82, 2.24) is 10.6 Å². The molecule has 8 heteroatoms. The van der Waals surface area contributed by atoms with Gasteiger partial charge in [-0.25, -0.2) is 0 Å². The molecule has 1 aliphatic carbocycles. The molecule has 0 aliphatic heterocycles. The van der Waals surface area contributed by atoms with Crippen LogP contribution in [-0.4, -0.2) is 40.3 Å². The fourth-order valence-corrected chi connectivity index (χ4v) is 6.20. The summed E-state index contributed by atoms with van der Waals surface area (Å²) < 4.78 is 11.9. The number of benzene rings is 2. The van der Waals surface area contributed by atoms with Gasteiger partial charge in [-0.15, -0.1) is 0 Å². The van der Waals surface area contributed by atoms with Crippen molar-refractivity contribution in [2.45, 2.75) is 77.2 Å². The molecule has 7 nitrogen and oxygen atoms in total. The highest BCUT2D eigenvalue weighted by Crippen LogP contribution is 2.38. The summed E-state index contributed by atoms with van der Waals surface area (Å²) in [6.07, 6.45) is 7.93. The van der Waals surface area contributed by atoms with E-state index in [-0.39, 0.29) is 5.91 Å². The lowest BCUT2D eigenvalue weighted by atomic mass is 9.84. The summed E-state index contributed by atoms with van der Waals surface area (Å²) in [7, 11) is -4.41. The molecule has 0 bridgehead atoms. The van der Waals surface area contributed by atoms with Crippen molar-refractivity contribution >= 4 is 19.4 Å². The molecule has 3 rings (SSSR count). The first-order valence-electron chi connectivity index (χ1n) is 13.9. The second-order valence-corrected chi connectivity index (χ2v) is 12.4. The quantitative estimate of drug-likeness (QED) is 0.253. The van der Waals surface area contributed by atoms with E-state index < -0.39 is 31.6 Å². The van der Waals surface area contributed by atoms with Crippen LogP contribution in [0.5, 0.6) is 0 Å². The Balaban J connectivity index is 1.62. The van der Waals surface area contributed by atoms with Gasteiger partial charge < -0.3 is 20.4 Å². The molecule has 2 aromatic carbocycles. The van der Waals surface area contributed by atoms with Crippen molar-refractivity contribution in [2.75, 3.05) is 12.7 Å². The lowest BCUT2D eigenvalue weighted by Gasteiger charge is -2.28. The summed E-state index contributed by atoms with van der Waals surface area (Å²) in [5, 5.41) is 5.87. The van der Waals surface area contributed by atoms with Crippen LogP contribution in [-0.2, 0) is 27.0 Å². The number of aryl methyl sites for hydroxylation is 2. The van der Waals surface area contributed by atoms with Gasteiger partial charge in [0.05, 0.1) is 6.16 Å². The molecule has 2 amide bonds. The van der Waals surface area contributed by atoms with E-state index in [9.17, 15) is 23.9 Å². The third-order valence-electron chi connectivity index (χ3n) is 7.45. The normalized spacial score (nSPS) is 16.0. The molecule has 0 saturated heterocycles. The molecule has 4 N–H and O–H groups in total. The Hall–Kier alpha value is -2.47. The average Bonchev–Trinajstić information content (AvgIpc) is 2.89. The van der Waals surface area contributed by atoms with Crippen molar-refractivity contribution in [3.63, 3.8) is 0 Å². The van der Waals surface area contributed by atoms with Crippen LogP contribution in [0.1, 0.15) is 68.1 Å². The summed E-state index contributed by atoms with van der Waals surface area (Å²) in [5.74, 6) is -1.17. The number of rotatable bonds is 14. The van der Waals surface area contributed by atoms with E-state index in [0.717, 1.165) is 43.2 Å². The number of carbonyl (C=O) groups is 2. The number of amides is 2. The van der Waals surface area contributed by atoms with Gasteiger partial charge in [0.2, 0.25) is 11.8 Å². The SMILES string of the molecule is Cc1ccc(CCC[C@@H](CP(=O)(O)O)C(=O)N[C@@H](CC2CCCCC2)C(=O)NCCc2ccccc2)cc1. The molecule has 208 valence electrons. The molecule has 0 unspecified atom stereocenters. The van der Waals surface area contributed by atoms with Crippen LogP contribution in [0.25, 0.3) is 0 Å². The molecule has 0 radical (unpaired) electrons. The molecule has 0 aromatic heterocycles. The summed E-state index contributed by atoms with van der Waals surface area (Å²) in [6, 6.07) is 17.3. The van der Waals surface area contributed by atoms with Gasteiger partial charge in [-0.3, -0.25) is 14.2 Å². The van der Waals surface area contributed by atoms with Gasteiger partial charge in [-0.05, 0) is 56.1 Å². The van der Waals surface area contributed by atoms with Crippen molar-refractivity contribution in [3.8, 4) is 0 Å². The van der Waals surface area contributed by atoms with Crippen molar-refractivity contribution in [2.24, 2.45) is 11.8 Å². The van der Waals surface area contributed by atoms with Crippen LogP contribution in [0.3, 0.4) is 0 Å². The van der Waals surface area contributed by atoms with Crippen LogP contribution < -0.4 is 10.6 Å². The summed E-state index contributed by atoms with van der Waals surface area (Å²) in [6.45, 7) is 2.48. The fourth-order valence-electron chi connectivity index (χ4n) is 5.27. The van der Waals surface area contributed by atoms with E-state index in [4.69, 9.17) is 0 Å². The van der Waals surface area contributed by atoms with Gasteiger partial charge in [0.1, 0.15) is 6.04 Å². The van der Waals surface area contributed by atoms with Crippen molar-refractivity contribution in [1.29, 1.82) is 0 Å². The Morgan fingerprint density at radius 2 is 1.58 bits per heavy atom. The zero-order valence-corrected chi connectivity index (χ0v) is 23.4. The summed E-state index contributed by atoms with van der Waals surface area (Å²) in [5.41, 5.74) is 3.41. The third kappa shape index (κ3) is 11.1. The van der Waals surface area contributed by atoms with Crippen LogP contribution in [0, 0.1) is 18.8 Å². The second-order valence-electron chi connectivity index (χ2n) is 10.7. The van der Waals surface area contributed by atoms with E-state index in [1.807, 2.05) is 61.5 Å². The molecule has 1 saturated carbocycles. The molecule has 2 atom stereocenters. The molecule has 38 heavy (non-hydrogen) atoms. The first kappa shape index (κ1) is 30.1. The highest BCUT2D eigenvalue weighted by Gasteiger charge is 2.31. The summed E-state index contributed by atoms with van der Waals surface area (Å²) >= 11 is 0. The van der Waals surface area contributed by atoms with Crippen LogP contribution in [0.15, 0.2) is 54.6 Å². The summed E-state index contributed by atoms with van der Waals surface area (Å²) in [4.78, 5) is 45.9. The second kappa shape index (κ2) is 15.2. The minimum absolute atomic E-state index is 0.227. The lowest BCUT2D eigenvalue weighted by molar-refractivity contribution is -0.131. The third-order valence-corrected chi connectivity index (χ3v) is 8.37. The fraction of sp³-hybridized carbons (Fsp3) is 0.533. The molecule has 0 heterocycles. The zero-order valence-electron chi connectivity index (χ0n) is 22.5. The van der Waals surface area contributed by atoms with Gasteiger partial charge >= 0.3 is 7.60 Å². The molecule has 0 spiro atoms. The van der Waals surface area contributed by atoms with Crippen molar-refractivity contribution in [3.05, 3.63) is 71.3 Å². The highest BCUT2D eigenvalue weighted by atomic mass is 31.2. The van der Waals surface area contributed by atoms with Crippen LogP contribution >= 0.6 is 7.60 Å². The molecular formula is C30H43N2O5P. The molecular weight excluding hydrogens is 499 g/mol. The van der Waals surface area contributed by atoms with Gasteiger partial charge in [0.25, 0.3) is 0 Å². The van der Waals surface area contributed by atoms with E-state index in [1.165, 1.54) is 12.0 Å². The molecule has 2 aromatic rings. The maximum atomic E-state index is 13.3. The van der Waals surface area contributed by atoms with Crippen LogP contribution in [0.4, 0.5) is 0 Å². The predicted octanol–water partition coefficient (Wildman–Crippen LogP) is 4.93. The Kier molecular flexibility index (Phi) is 12.0. The Bertz CT molecular complexity index is 1050. The standard InChI is InChI=1S/C30H43N2O5P/c1-23-15-17-25(18-16-23)13-8-14-27(22-38(35,36)37)29(33)32-28(21-26-11-6-3-7-12-26)30(34)31-20-19-24-9-4-2-5-10-24/h2,4-5,9-10,15-18,26-28H,3,6-8,11-14,19-22H2,1H3,(H,31,34)(H,32,33)(H2,35,36,37)/t27-,28-/m0/s1. The van der Waals surface area contributed by atoms with E-state index in [2.05, 4.69) is 10.6 Å². The first-order valence-corrected chi connectivity index (χ1v) is 15.7. The lowest BCUT2D eigenvalue weighted by Crippen LogP contribution is -2.50. The number of carbonyl (C=O) groups excluding carboxylic acids is 2. The van der Waals surface area contributed by atoms with Gasteiger partial charge in [-0.2, -0.15) is 0 Å². The largest absolute Gasteiger partial charge is 0.354 e. The minimum atomic E-state index is -4.41. The Morgan fingerprint density at radius 1 is 0.921 bits per heavy atom. The first-order chi connectivity index (χ1) is 18.2. The highest BCUT2D eigenvalue weighted by molar-refractivity contribution is 7.51. The monoisotopic (exact) mass is 542 g/mol. The zero-order chi connectivity index (χ0) is 27.4. The maximum absolute atomic E-state index is 13.3.